The van der Waals surface area contributed by atoms with Crippen LogP contribution in [0.15, 0.2) is 24.3 Å². The van der Waals surface area contributed by atoms with Crippen LogP contribution in [0.25, 0.3) is 32.9 Å². The van der Waals surface area contributed by atoms with Crippen molar-refractivity contribution in [3.63, 3.8) is 0 Å². The van der Waals surface area contributed by atoms with E-state index in [1.54, 1.807) is 0 Å². The number of terminal acetylenes is 1. The number of phenols is 1. The maximum Gasteiger partial charge on any atom is 0.522 e. The van der Waals surface area contributed by atoms with Crippen molar-refractivity contribution in [2.45, 2.75) is 102 Å². The van der Waals surface area contributed by atoms with Gasteiger partial charge in [0.1, 0.15) is 28.6 Å². The Hall–Kier alpha value is -4.32. The first kappa shape index (κ1) is 36.6. The smallest absolute Gasteiger partial charge is 0.508 e. The molecule has 0 bridgehead atoms. The molecule has 286 valence electrons. The number of hydrogen-bond acceptors (Lipinski definition) is 9. The average Bonchev–Trinajstić information content (AvgIpc) is 4.07. The van der Waals surface area contributed by atoms with Crippen LogP contribution in [0.5, 0.6) is 11.8 Å². The number of anilines is 1. The van der Waals surface area contributed by atoms with Gasteiger partial charge in [0.25, 0.3) is 0 Å². The molecular weight excluding hydrogens is 707 g/mol. The van der Waals surface area contributed by atoms with Crippen molar-refractivity contribution in [3.05, 3.63) is 47.2 Å². The first-order valence-corrected chi connectivity index (χ1v) is 18.9. The van der Waals surface area contributed by atoms with Crippen molar-refractivity contribution >= 4 is 27.5 Å². The second-order valence-electron chi connectivity index (χ2n) is 15.4. The Labute approximate surface area is 310 Å². The molecule has 0 unspecified atom stereocenters. The van der Waals surface area contributed by atoms with Crippen LogP contribution in [0.3, 0.4) is 0 Å². The van der Waals surface area contributed by atoms with Crippen LogP contribution in [0.1, 0.15) is 76.0 Å². The van der Waals surface area contributed by atoms with Gasteiger partial charge in [-0.05, 0) is 87.8 Å². The van der Waals surface area contributed by atoms with Crippen LogP contribution in [0.2, 0.25) is 0 Å². The summed E-state index contributed by atoms with van der Waals surface area (Å²) in [6.07, 6.45) is 7.75. The molecule has 2 atom stereocenters. The summed E-state index contributed by atoms with van der Waals surface area (Å²) in [4.78, 5) is 16.5. The minimum absolute atomic E-state index is 0.00681. The van der Waals surface area contributed by atoms with Crippen molar-refractivity contribution in [2.75, 3.05) is 31.6 Å². The Morgan fingerprint density at radius 3 is 2.54 bits per heavy atom. The normalized spacial score (nSPS) is 20.9. The van der Waals surface area contributed by atoms with Crippen LogP contribution in [0.4, 0.5) is 27.8 Å². The van der Waals surface area contributed by atoms with E-state index in [-0.39, 0.29) is 76.4 Å². The SMILES string of the molecule is C#Cc1c(F)ccc2cc(O)cc(-c3nc4c5c(nc(OCC6(CN7CCC(OC(F)(F)F)CC7)CC6)nc5c3F)N[C@@H]([C@H](CC)NC3CC3)CCC4)c12. The van der Waals surface area contributed by atoms with E-state index in [9.17, 15) is 18.3 Å². The summed E-state index contributed by atoms with van der Waals surface area (Å²) in [5.41, 5.74) is 0.268. The molecule has 8 rings (SSSR count). The van der Waals surface area contributed by atoms with Crippen molar-refractivity contribution in [1.29, 1.82) is 0 Å². The number of hydrogen-bond donors (Lipinski definition) is 3. The predicted molar refractivity (Wildman–Crippen MR) is 194 cm³/mol. The first-order valence-electron chi connectivity index (χ1n) is 18.9. The summed E-state index contributed by atoms with van der Waals surface area (Å²) >= 11 is 0. The summed E-state index contributed by atoms with van der Waals surface area (Å²) in [6.45, 7) is 3.99. The molecule has 2 aliphatic heterocycles. The van der Waals surface area contributed by atoms with Crippen molar-refractivity contribution in [3.8, 4) is 35.4 Å². The fourth-order valence-corrected chi connectivity index (χ4v) is 8.21. The molecule has 3 fully saturated rings. The lowest BCUT2D eigenvalue weighted by Gasteiger charge is -2.34. The van der Waals surface area contributed by atoms with Gasteiger partial charge in [-0.15, -0.1) is 19.6 Å². The van der Waals surface area contributed by atoms with E-state index in [0.29, 0.717) is 54.4 Å². The number of alkyl halides is 3. The summed E-state index contributed by atoms with van der Waals surface area (Å²) in [5, 5.41) is 19.2. The number of rotatable bonds is 11. The fraction of sp³-hybridized carbons (Fsp3) is 0.525. The molecule has 1 saturated heterocycles. The number of pyridine rings is 1. The maximum atomic E-state index is 17.2. The number of fused-ring (bicyclic) bond motifs is 1. The lowest BCUT2D eigenvalue weighted by molar-refractivity contribution is -0.345. The van der Waals surface area contributed by atoms with E-state index in [0.717, 1.165) is 44.9 Å². The summed E-state index contributed by atoms with van der Waals surface area (Å²) in [5.74, 6) is 1.21. The zero-order chi connectivity index (χ0) is 37.8. The lowest BCUT2D eigenvalue weighted by Crippen LogP contribution is -2.45. The predicted octanol–water partition coefficient (Wildman–Crippen LogP) is 7.62. The average molecular weight is 751 g/mol. The Morgan fingerprint density at radius 1 is 1.07 bits per heavy atom. The minimum Gasteiger partial charge on any atom is -0.508 e. The molecule has 0 amide bonds. The van der Waals surface area contributed by atoms with E-state index in [1.165, 1.54) is 24.3 Å². The molecule has 2 aromatic carbocycles. The van der Waals surface area contributed by atoms with E-state index < -0.39 is 24.1 Å². The van der Waals surface area contributed by atoms with Crippen LogP contribution in [0, 0.1) is 29.4 Å². The van der Waals surface area contributed by atoms with Gasteiger partial charge in [-0.25, -0.2) is 13.8 Å². The maximum absolute atomic E-state index is 17.2. The Kier molecular flexibility index (Phi) is 9.77. The highest BCUT2D eigenvalue weighted by Gasteiger charge is 2.46. The number of phenolic OH excluding ortho intramolecular Hbond substituents is 1. The molecule has 2 aromatic heterocycles. The molecule has 2 saturated carbocycles. The van der Waals surface area contributed by atoms with Gasteiger partial charge < -0.3 is 25.4 Å². The number of aromatic hydroxyl groups is 1. The van der Waals surface area contributed by atoms with Gasteiger partial charge in [-0.2, -0.15) is 9.97 Å². The van der Waals surface area contributed by atoms with Gasteiger partial charge >= 0.3 is 12.4 Å². The third-order valence-corrected chi connectivity index (χ3v) is 11.4. The molecule has 0 spiro atoms. The molecular formula is C40H43F5N6O3. The van der Waals surface area contributed by atoms with Gasteiger partial charge in [-0.1, -0.05) is 18.9 Å². The first-order chi connectivity index (χ1) is 25.9. The van der Waals surface area contributed by atoms with Gasteiger partial charge in [-0.3, -0.25) is 4.74 Å². The summed E-state index contributed by atoms with van der Waals surface area (Å²) < 4.78 is 81.0. The number of benzene rings is 2. The van der Waals surface area contributed by atoms with Gasteiger partial charge in [0.15, 0.2) is 5.82 Å². The molecule has 4 aliphatic rings. The number of ether oxygens (including phenoxy) is 2. The molecule has 0 radical (unpaired) electrons. The molecule has 14 heteroatoms. The highest BCUT2D eigenvalue weighted by atomic mass is 19.4. The van der Waals surface area contributed by atoms with Crippen LogP contribution < -0.4 is 15.4 Å². The number of nitrogens with zero attached hydrogens (tertiary/aromatic N) is 4. The number of piperidine rings is 1. The highest BCUT2D eigenvalue weighted by Crippen LogP contribution is 2.47. The third kappa shape index (κ3) is 7.63. The minimum atomic E-state index is -4.65. The van der Waals surface area contributed by atoms with E-state index in [4.69, 9.17) is 21.1 Å². The zero-order valence-corrected chi connectivity index (χ0v) is 30.0. The topological polar surface area (TPSA) is 105 Å². The van der Waals surface area contributed by atoms with Crippen molar-refractivity contribution in [1.82, 2.24) is 25.2 Å². The number of halogens is 5. The van der Waals surface area contributed by atoms with Gasteiger partial charge in [0, 0.05) is 54.1 Å². The van der Waals surface area contributed by atoms with Gasteiger partial charge in [0.05, 0.1) is 29.4 Å². The number of likely N-dealkylation sites (tertiary alicyclic amines) is 1. The molecule has 4 aromatic rings. The summed E-state index contributed by atoms with van der Waals surface area (Å²) in [7, 11) is 0. The monoisotopic (exact) mass is 750 g/mol. The third-order valence-electron chi connectivity index (χ3n) is 11.4. The Morgan fingerprint density at radius 2 is 1.85 bits per heavy atom. The van der Waals surface area contributed by atoms with Crippen LogP contribution >= 0.6 is 0 Å². The Balaban J connectivity index is 1.15. The van der Waals surface area contributed by atoms with E-state index in [1.807, 2.05) is 0 Å². The molecule has 54 heavy (non-hydrogen) atoms. The zero-order valence-electron chi connectivity index (χ0n) is 30.0. The van der Waals surface area contributed by atoms with Gasteiger partial charge in [0.2, 0.25) is 0 Å². The van der Waals surface area contributed by atoms with Crippen molar-refractivity contribution in [2.24, 2.45) is 5.41 Å². The second-order valence-corrected chi connectivity index (χ2v) is 15.4. The van der Waals surface area contributed by atoms with E-state index >= 15 is 8.78 Å². The second kappa shape index (κ2) is 14.4. The standard InChI is InChI=1S/C40H43F5N6O3/c1-3-26-28(41)11-8-22-18-24(52)19-27(32(22)26)35-34(42)36-33-31(47-35)7-5-6-30(29(4-2)46-23-9-10-23)48-37(33)50-38(49-36)53-21-39(14-15-39)20-51-16-12-25(13-17-51)54-40(43,44)45/h1,8,11,18-19,23,25,29-30,46,52H,4-7,9-10,12-17,20-21H2,2H3,(H,48,49,50)/t29-,30+/m0/s1. The highest BCUT2D eigenvalue weighted by molar-refractivity contribution is 6.03. The fourth-order valence-electron chi connectivity index (χ4n) is 8.21. The lowest BCUT2D eigenvalue weighted by atomic mass is 9.93. The molecule has 2 aliphatic carbocycles. The largest absolute Gasteiger partial charge is 0.522 e. The molecule has 3 N–H and O–H groups in total. The summed E-state index contributed by atoms with van der Waals surface area (Å²) in [6, 6.07) is 6.09. The number of aryl methyl sites for hydroxylation is 1. The Bertz CT molecular complexity index is 2110. The quantitative estimate of drug-likeness (QED) is 0.106. The van der Waals surface area contributed by atoms with E-state index in [2.05, 4.69) is 38.1 Å². The molecule has 9 nitrogen and oxygen atoms in total. The number of nitrogens with one attached hydrogen (secondary N) is 2. The van der Waals surface area contributed by atoms with Crippen molar-refractivity contribution < 1.29 is 36.5 Å². The van der Waals surface area contributed by atoms with Crippen LogP contribution in [-0.2, 0) is 11.2 Å². The van der Waals surface area contributed by atoms with Crippen LogP contribution in [-0.4, -0.2) is 81.8 Å². The molecule has 4 heterocycles. The number of aromatic nitrogens is 3.